The largest absolute Gasteiger partial charge is 0.385 e. The second kappa shape index (κ2) is 5.88. The summed E-state index contributed by atoms with van der Waals surface area (Å²) in [6.45, 7) is 5.22. The minimum Gasteiger partial charge on any atom is -0.385 e. The minimum atomic E-state index is -0.863. The number of rotatable bonds is 4. The van der Waals surface area contributed by atoms with E-state index < -0.39 is 11.0 Å². The van der Waals surface area contributed by atoms with Crippen molar-refractivity contribution in [2.45, 2.75) is 26.9 Å². The van der Waals surface area contributed by atoms with Crippen LogP contribution < -0.4 is 0 Å². The van der Waals surface area contributed by atoms with Crippen molar-refractivity contribution < 1.29 is 10.0 Å². The second-order valence-corrected chi connectivity index (χ2v) is 4.91. The monoisotopic (exact) mass is 287 g/mol. The van der Waals surface area contributed by atoms with E-state index in [1.54, 1.807) is 19.9 Å². The molecule has 0 radical (unpaired) electrons. The lowest BCUT2D eigenvalue weighted by Crippen LogP contribution is -2.14. The van der Waals surface area contributed by atoms with Crippen LogP contribution in [-0.2, 0) is 0 Å². The molecule has 0 spiro atoms. The van der Waals surface area contributed by atoms with Gasteiger partial charge in [-0.25, -0.2) is 4.98 Å². The molecule has 0 amide bonds. The first kappa shape index (κ1) is 14.9. The van der Waals surface area contributed by atoms with Crippen molar-refractivity contribution in [1.82, 2.24) is 9.55 Å². The number of benzene rings is 1. The molecular formula is C15H17N3O3. The van der Waals surface area contributed by atoms with Gasteiger partial charge in [0.25, 0.3) is 0 Å². The molecule has 110 valence electrons. The number of aryl methyl sites for hydroxylation is 2. The predicted molar refractivity (Wildman–Crippen MR) is 80.6 cm³/mol. The SMILES string of the molecule is Cc1ccc(/C=C(\C(C)O)n2c([N+](=O)[O-])cnc2C)cc1. The highest BCUT2D eigenvalue weighted by Crippen LogP contribution is 2.24. The Balaban J connectivity index is 2.57. The molecule has 6 nitrogen and oxygen atoms in total. The first-order valence-corrected chi connectivity index (χ1v) is 6.55. The molecule has 0 fully saturated rings. The number of aliphatic hydroxyl groups is 1. The summed E-state index contributed by atoms with van der Waals surface area (Å²) in [5, 5.41) is 21.1. The summed E-state index contributed by atoms with van der Waals surface area (Å²) < 4.78 is 1.37. The van der Waals surface area contributed by atoms with Gasteiger partial charge in [-0.1, -0.05) is 29.8 Å². The molecule has 0 aliphatic carbocycles. The average Bonchev–Trinajstić information content (AvgIpc) is 2.79. The fourth-order valence-electron chi connectivity index (χ4n) is 2.09. The number of hydrogen-bond donors (Lipinski definition) is 1. The molecule has 0 saturated carbocycles. The van der Waals surface area contributed by atoms with Crippen LogP contribution in [0.25, 0.3) is 11.8 Å². The lowest BCUT2D eigenvalue weighted by Gasteiger charge is -2.10. The molecule has 1 aromatic carbocycles. The summed E-state index contributed by atoms with van der Waals surface area (Å²) in [5.74, 6) is 0.299. The third kappa shape index (κ3) is 3.17. The van der Waals surface area contributed by atoms with E-state index in [1.165, 1.54) is 10.8 Å². The predicted octanol–water partition coefficient (Wildman–Crippen LogP) is 2.79. The van der Waals surface area contributed by atoms with Crippen molar-refractivity contribution in [1.29, 1.82) is 0 Å². The number of aliphatic hydroxyl groups excluding tert-OH is 1. The normalized spacial score (nSPS) is 13.2. The first-order valence-electron chi connectivity index (χ1n) is 6.55. The van der Waals surface area contributed by atoms with Crippen molar-refractivity contribution >= 4 is 17.6 Å². The van der Waals surface area contributed by atoms with Gasteiger partial charge in [0.2, 0.25) is 0 Å². The van der Waals surface area contributed by atoms with Gasteiger partial charge in [0.05, 0.1) is 0 Å². The standard InChI is InChI=1S/C15H17N3O3/c1-10-4-6-13(7-5-10)8-14(11(2)19)17-12(3)16-9-15(17)18(20)21/h4-9,11,19H,1-3H3/b14-8+. The smallest absolute Gasteiger partial charge is 0.347 e. The lowest BCUT2D eigenvalue weighted by molar-refractivity contribution is -0.391. The molecule has 1 N–H and O–H groups in total. The van der Waals surface area contributed by atoms with E-state index in [1.807, 2.05) is 31.2 Å². The van der Waals surface area contributed by atoms with E-state index in [2.05, 4.69) is 4.98 Å². The van der Waals surface area contributed by atoms with Crippen LogP contribution >= 0.6 is 0 Å². The summed E-state index contributed by atoms with van der Waals surface area (Å²) in [4.78, 5) is 14.6. The van der Waals surface area contributed by atoms with Crippen molar-refractivity contribution in [2.75, 3.05) is 0 Å². The number of imidazole rings is 1. The fourth-order valence-corrected chi connectivity index (χ4v) is 2.09. The number of nitro groups is 1. The van der Waals surface area contributed by atoms with Gasteiger partial charge in [0.1, 0.15) is 18.0 Å². The Morgan fingerprint density at radius 1 is 1.38 bits per heavy atom. The van der Waals surface area contributed by atoms with Crippen molar-refractivity contribution in [3.63, 3.8) is 0 Å². The highest BCUT2D eigenvalue weighted by atomic mass is 16.6. The number of hydrogen-bond acceptors (Lipinski definition) is 4. The van der Waals surface area contributed by atoms with Crippen LogP contribution in [0, 0.1) is 24.0 Å². The third-order valence-electron chi connectivity index (χ3n) is 3.18. The van der Waals surface area contributed by atoms with E-state index in [9.17, 15) is 15.2 Å². The zero-order chi connectivity index (χ0) is 15.6. The summed E-state index contributed by atoms with van der Waals surface area (Å²) >= 11 is 0. The Kier molecular flexibility index (Phi) is 4.18. The first-order chi connectivity index (χ1) is 9.90. The molecule has 2 rings (SSSR count). The molecule has 6 heteroatoms. The zero-order valence-corrected chi connectivity index (χ0v) is 12.1. The van der Waals surface area contributed by atoms with Crippen molar-refractivity contribution in [3.8, 4) is 0 Å². The van der Waals surface area contributed by atoms with Gasteiger partial charge in [-0.15, -0.1) is 0 Å². The van der Waals surface area contributed by atoms with Gasteiger partial charge in [0, 0.05) is 6.92 Å². The fraction of sp³-hybridized carbons (Fsp3) is 0.267. The molecule has 0 saturated heterocycles. The minimum absolute atomic E-state index is 0.160. The van der Waals surface area contributed by atoms with Gasteiger partial charge in [-0.3, -0.25) is 0 Å². The summed E-state index contributed by atoms with van der Waals surface area (Å²) in [6, 6.07) is 7.69. The molecule has 1 unspecified atom stereocenters. The maximum Gasteiger partial charge on any atom is 0.347 e. The maximum atomic E-state index is 11.1. The van der Waals surface area contributed by atoms with E-state index >= 15 is 0 Å². The zero-order valence-electron chi connectivity index (χ0n) is 12.1. The van der Waals surface area contributed by atoms with E-state index in [4.69, 9.17) is 0 Å². The lowest BCUT2D eigenvalue weighted by atomic mass is 10.1. The Morgan fingerprint density at radius 2 is 2.00 bits per heavy atom. The number of nitrogens with zero attached hydrogens (tertiary/aromatic N) is 3. The topological polar surface area (TPSA) is 81.2 Å². The van der Waals surface area contributed by atoms with Gasteiger partial charge in [0.15, 0.2) is 5.82 Å². The number of aromatic nitrogens is 2. The Hall–Kier alpha value is -2.47. The third-order valence-corrected chi connectivity index (χ3v) is 3.18. The van der Waals surface area contributed by atoms with Crippen LogP contribution in [-0.4, -0.2) is 25.7 Å². The molecule has 0 aliphatic heterocycles. The van der Waals surface area contributed by atoms with Gasteiger partial charge >= 0.3 is 5.82 Å². The molecule has 1 aromatic heterocycles. The molecule has 1 heterocycles. The summed E-state index contributed by atoms with van der Waals surface area (Å²) in [7, 11) is 0. The molecular weight excluding hydrogens is 270 g/mol. The summed E-state index contributed by atoms with van der Waals surface area (Å²) in [6.07, 6.45) is 2.06. The van der Waals surface area contributed by atoms with Crippen LogP contribution in [0.5, 0.6) is 0 Å². The van der Waals surface area contributed by atoms with Gasteiger partial charge in [-0.05, 0) is 30.4 Å². The molecule has 1 atom stereocenters. The van der Waals surface area contributed by atoms with Crippen LogP contribution in [0.2, 0.25) is 0 Å². The Morgan fingerprint density at radius 3 is 2.52 bits per heavy atom. The Bertz CT molecular complexity index is 685. The van der Waals surface area contributed by atoms with Gasteiger partial charge < -0.3 is 15.2 Å². The molecule has 0 bridgehead atoms. The quantitative estimate of drug-likeness (QED) is 0.692. The van der Waals surface area contributed by atoms with E-state index in [0.717, 1.165) is 11.1 Å². The van der Waals surface area contributed by atoms with E-state index in [0.29, 0.717) is 11.5 Å². The maximum absolute atomic E-state index is 11.1. The molecule has 2 aromatic rings. The van der Waals surface area contributed by atoms with E-state index in [-0.39, 0.29) is 5.82 Å². The highest BCUT2D eigenvalue weighted by molar-refractivity contribution is 5.74. The molecule has 21 heavy (non-hydrogen) atoms. The average molecular weight is 287 g/mol. The van der Waals surface area contributed by atoms with Crippen LogP contribution in [0.4, 0.5) is 5.82 Å². The van der Waals surface area contributed by atoms with Crippen LogP contribution in [0.1, 0.15) is 23.9 Å². The van der Waals surface area contributed by atoms with Crippen LogP contribution in [0.3, 0.4) is 0 Å². The van der Waals surface area contributed by atoms with Crippen molar-refractivity contribution in [3.05, 3.63) is 57.5 Å². The summed E-state index contributed by atoms with van der Waals surface area (Å²) in [5.41, 5.74) is 2.40. The Labute approximate surface area is 122 Å². The second-order valence-electron chi connectivity index (χ2n) is 4.91. The van der Waals surface area contributed by atoms with Gasteiger partial charge in [-0.2, -0.15) is 4.57 Å². The highest BCUT2D eigenvalue weighted by Gasteiger charge is 2.24. The van der Waals surface area contributed by atoms with Crippen LogP contribution in [0.15, 0.2) is 30.5 Å². The van der Waals surface area contributed by atoms with Crippen molar-refractivity contribution in [2.24, 2.45) is 0 Å². The molecule has 0 aliphatic rings.